The molecule has 1 aliphatic carbocycles. The molecule has 8 nitrogen and oxygen atoms in total. The van der Waals surface area contributed by atoms with E-state index in [0.717, 1.165) is 12.2 Å². The lowest BCUT2D eigenvalue weighted by molar-refractivity contribution is -0.260. The lowest BCUT2D eigenvalue weighted by Gasteiger charge is -2.40. The van der Waals surface area contributed by atoms with Crippen LogP contribution in [0, 0.1) is 0 Å². The monoisotopic (exact) mass is 368 g/mol. The minimum Gasteiger partial charge on any atom is -0.460 e. The van der Waals surface area contributed by atoms with Crippen molar-refractivity contribution in [3.05, 3.63) is 25.3 Å². The van der Waals surface area contributed by atoms with Crippen LogP contribution < -0.4 is 0 Å². The van der Waals surface area contributed by atoms with Gasteiger partial charge in [0.15, 0.2) is 11.6 Å². The van der Waals surface area contributed by atoms with E-state index in [1.807, 2.05) is 0 Å². The summed E-state index contributed by atoms with van der Waals surface area (Å²) in [5.74, 6) is -2.33. The summed E-state index contributed by atoms with van der Waals surface area (Å²) < 4.78 is 33.7. The van der Waals surface area contributed by atoms with E-state index >= 15 is 0 Å². The van der Waals surface area contributed by atoms with Crippen molar-refractivity contribution >= 4 is 11.9 Å². The van der Waals surface area contributed by atoms with Gasteiger partial charge in [0.1, 0.15) is 25.4 Å². The van der Waals surface area contributed by atoms with Gasteiger partial charge in [-0.25, -0.2) is 9.59 Å². The molecule has 2 spiro atoms. The summed E-state index contributed by atoms with van der Waals surface area (Å²) in [6.07, 6.45) is 4.10. The van der Waals surface area contributed by atoms with Crippen molar-refractivity contribution in [2.45, 2.75) is 49.5 Å². The molecule has 8 heteroatoms. The molecule has 0 aromatic rings. The molecule has 1 saturated carbocycles. The second-order valence-corrected chi connectivity index (χ2v) is 6.59. The average Bonchev–Trinajstić information content (AvgIpc) is 3.25. The molecule has 2 saturated heterocycles. The third-order valence-corrected chi connectivity index (χ3v) is 4.76. The molecule has 2 unspecified atom stereocenters. The normalized spacial score (nSPS) is 36.2. The summed E-state index contributed by atoms with van der Waals surface area (Å²) in [5.41, 5.74) is 0. The Morgan fingerprint density at radius 3 is 1.58 bits per heavy atom. The predicted molar refractivity (Wildman–Crippen MR) is 87.9 cm³/mol. The van der Waals surface area contributed by atoms with Crippen molar-refractivity contribution in [2.24, 2.45) is 0 Å². The highest BCUT2D eigenvalue weighted by atomic mass is 16.8. The fraction of sp³-hybridized carbons (Fsp3) is 0.667. The van der Waals surface area contributed by atoms with Crippen LogP contribution in [0.5, 0.6) is 0 Å². The summed E-state index contributed by atoms with van der Waals surface area (Å²) in [4.78, 5) is 22.3. The van der Waals surface area contributed by atoms with Crippen molar-refractivity contribution in [3.8, 4) is 0 Å². The fourth-order valence-electron chi connectivity index (χ4n) is 3.40. The van der Waals surface area contributed by atoms with Crippen LogP contribution >= 0.6 is 0 Å². The van der Waals surface area contributed by atoms with E-state index in [9.17, 15) is 9.59 Å². The molecular formula is C18H24O8. The molecule has 0 amide bonds. The van der Waals surface area contributed by atoms with Gasteiger partial charge in [-0.15, -0.1) is 0 Å². The highest BCUT2D eigenvalue weighted by molar-refractivity contribution is 5.81. The molecule has 0 aromatic carbocycles. The number of esters is 2. The lowest BCUT2D eigenvalue weighted by Crippen LogP contribution is -2.45. The van der Waals surface area contributed by atoms with E-state index in [1.165, 1.54) is 0 Å². The summed E-state index contributed by atoms with van der Waals surface area (Å²) in [6, 6.07) is 0. The third kappa shape index (κ3) is 4.32. The summed E-state index contributed by atoms with van der Waals surface area (Å²) in [7, 11) is 0. The van der Waals surface area contributed by atoms with Crippen molar-refractivity contribution < 1.29 is 38.0 Å². The number of rotatable bonds is 6. The number of carbonyl (C=O) groups is 2. The van der Waals surface area contributed by atoms with Crippen LogP contribution in [0.1, 0.15) is 25.7 Å². The molecule has 0 N–H and O–H groups in total. The fourth-order valence-corrected chi connectivity index (χ4v) is 3.40. The van der Waals surface area contributed by atoms with Gasteiger partial charge < -0.3 is 28.4 Å². The first-order valence-electron chi connectivity index (χ1n) is 8.70. The SMILES string of the molecule is C=CC(=O)OCC1COC2(CCC3(CC2)OCC(COC(=O)C=C)O3)O1. The first-order chi connectivity index (χ1) is 12.5. The van der Waals surface area contributed by atoms with Gasteiger partial charge in [-0.05, 0) is 0 Å². The zero-order valence-electron chi connectivity index (χ0n) is 14.6. The molecule has 0 aromatic heterocycles. The van der Waals surface area contributed by atoms with Crippen molar-refractivity contribution in [3.63, 3.8) is 0 Å². The molecule has 2 aliphatic heterocycles. The minimum absolute atomic E-state index is 0.140. The Morgan fingerprint density at radius 2 is 1.23 bits per heavy atom. The van der Waals surface area contributed by atoms with Crippen molar-refractivity contribution in [2.75, 3.05) is 26.4 Å². The van der Waals surface area contributed by atoms with Gasteiger partial charge >= 0.3 is 11.9 Å². The summed E-state index contributed by atoms with van der Waals surface area (Å²) in [5, 5.41) is 0. The Bertz CT molecular complexity index is 514. The molecule has 2 atom stereocenters. The zero-order chi connectivity index (χ0) is 18.6. The first-order valence-corrected chi connectivity index (χ1v) is 8.70. The Labute approximate surface area is 152 Å². The van der Waals surface area contributed by atoms with Crippen LogP contribution in [-0.4, -0.2) is 62.1 Å². The van der Waals surface area contributed by atoms with E-state index < -0.39 is 23.5 Å². The Kier molecular flexibility index (Phi) is 5.76. The largest absolute Gasteiger partial charge is 0.460 e. The van der Waals surface area contributed by atoms with Gasteiger partial charge in [0.25, 0.3) is 0 Å². The molecule has 3 aliphatic rings. The molecule has 26 heavy (non-hydrogen) atoms. The Hall–Kier alpha value is -1.74. The quantitative estimate of drug-likeness (QED) is 0.511. The molecule has 0 radical (unpaired) electrons. The van der Waals surface area contributed by atoms with Gasteiger partial charge in [0.05, 0.1) is 13.2 Å². The van der Waals surface area contributed by atoms with Gasteiger partial charge in [0.2, 0.25) is 0 Å². The number of carbonyl (C=O) groups excluding carboxylic acids is 2. The van der Waals surface area contributed by atoms with Crippen LogP contribution in [0.3, 0.4) is 0 Å². The van der Waals surface area contributed by atoms with E-state index in [-0.39, 0.29) is 25.4 Å². The smallest absolute Gasteiger partial charge is 0.330 e. The number of hydrogen-bond donors (Lipinski definition) is 0. The Balaban J connectivity index is 1.44. The number of hydrogen-bond acceptors (Lipinski definition) is 8. The lowest BCUT2D eigenvalue weighted by atomic mass is 9.89. The molecule has 3 fully saturated rings. The second-order valence-electron chi connectivity index (χ2n) is 6.59. The molecular weight excluding hydrogens is 344 g/mol. The van der Waals surface area contributed by atoms with E-state index in [2.05, 4.69) is 13.2 Å². The summed E-state index contributed by atoms with van der Waals surface area (Å²) in [6.45, 7) is 7.74. The van der Waals surface area contributed by atoms with Crippen molar-refractivity contribution in [1.82, 2.24) is 0 Å². The topological polar surface area (TPSA) is 89.5 Å². The molecule has 0 bridgehead atoms. The van der Waals surface area contributed by atoms with Crippen molar-refractivity contribution in [1.29, 1.82) is 0 Å². The molecule has 3 rings (SSSR count). The van der Waals surface area contributed by atoms with Crippen LogP contribution in [-0.2, 0) is 38.0 Å². The van der Waals surface area contributed by atoms with Crippen LogP contribution in [0.4, 0.5) is 0 Å². The van der Waals surface area contributed by atoms with Gasteiger partial charge in [-0.1, -0.05) is 13.2 Å². The average molecular weight is 368 g/mol. The van der Waals surface area contributed by atoms with Crippen LogP contribution in [0.2, 0.25) is 0 Å². The third-order valence-electron chi connectivity index (χ3n) is 4.76. The van der Waals surface area contributed by atoms with E-state index in [0.29, 0.717) is 38.9 Å². The van der Waals surface area contributed by atoms with Gasteiger partial charge in [-0.2, -0.15) is 0 Å². The first kappa shape index (κ1) is 19.0. The number of ether oxygens (including phenoxy) is 6. The van der Waals surface area contributed by atoms with Crippen LogP contribution in [0.25, 0.3) is 0 Å². The molecule has 144 valence electrons. The predicted octanol–water partition coefficient (Wildman–Crippen LogP) is 1.24. The van der Waals surface area contributed by atoms with E-state index in [1.54, 1.807) is 0 Å². The molecule has 2 heterocycles. The second kappa shape index (κ2) is 7.87. The maximum atomic E-state index is 11.1. The Morgan fingerprint density at radius 1 is 0.846 bits per heavy atom. The highest BCUT2D eigenvalue weighted by Gasteiger charge is 2.52. The highest BCUT2D eigenvalue weighted by Crippen LogP contribution is 2.46. The van der Waals surface area contributed by atoms with Crippen LogP contribution in [0.15, 0.2) is 25.3 Å². The standard InChI is InChI=1S/C18H24O8/c1-3-15(19)21-9-13-11-23-17(25-13)5-7-18(8-6-17)24-12-14(26-18)10-22-16(20)4-2/h3-4,13-14H,1-2,5-12H2. The van der Waals surface area contributed by atoms with Gasteiger partial charge in [-0.3, -0.25) is 0 Å². The summed E-state index contributed by atoms with van der Waals surface area (Å²) >= 11 is 0. The maximum absolute atomic E-state index is 11.1. The maximum Gasteiger partial charge on any atom is 0.330 e. The zero-order valence-corrected chi connectivity index (χ0v) is 14.6. The van der Waals surface area contributed by atoms with E-state index in [4.69, 9.17) is 28.4 Å². The van der Waals surface area contributed by atoms with Gasteiger partial charge in [0, 0.05) is 37.8 Å². The minimum atomic E-state index is -0.684.